The van der Waals surface area contributed by atoms with Crippen LogP contribution in [0.1, 0.15) is 175 Å². The molecule has 0 aliphatic heterocycles. The van der Waals surface area contributed by atoms with E-state index in [1.807, 2.05) is 6.07 Å². The molecular weight excluding hydrogens is 516 g/mol. The number of benzene rings is 1. The molecule has 3 heteroatoms. The Labute approximate surface area is 262 Å². The van der Waals surface area contributed by atoms with E-state index in [0.717, 1.165) is 44.3 Å². The molecule has 0 aromatic heterocycles. The molecule has 1 aromatic carbocycles. The van der Waals surface area contributed by atoms with Crippen LogP contribution in [0, 0.1) is 17.3 Å². The second-order valence-electron chi connectivity index (χ2n) is 13.8. The molecule has 0 saturated heterocycles. The van der Waals surface area contributed by atoms with E-state index in [1.54, 1.807) is 0 Å². The van der Waals surface area contributed by atoms with Crippen LogP contribution in [-0.4, -0.2) is 19.2 Å². The highest BCUT2D eigenvalue weighted by Gasteiger charge is 2.28. The third kappa shape index (κ3) is 21.4. The smallest absolute Gasteiger partial charge is 0.311 e. The Morgan fingerprint density at radius 3 is 1.86 bits per heavy atom. The van der Waals surface area contributed by atoms with E-state index in [2.05, 4.69) is 58.9 Å². The van der Waals surface area contributed by atoms with Crippen molar-refractivity contribution < 1.29 is 14.3 Å². The molecule has 0 fully saturated rings. The fourth-order valence-electron chi connectivity index (χ4n) is 6.01. The first-order valence-electron chi connectivity index (χ1n) is 18.2. The van der Waals surface area contributed by atoms with Gasteiger partial charge >= 0.3 is 5.97 Å². The lowest BCUT2D eigenvalue weighted by atomic mass is 9.86. The molecule has 0 N–H and O–H groups in total. The highest BCUT2D eigenvalue weighted by Crippen LogP contribution is 2.27. The second kappa shape index (κ2) is 26.1. The van der Waals surface area contributed by atoms with Crippen LogP contribution in [0.15, 0.2) is 30.3 Å². The van der Waals surface area contributed by atoms with Gasteiger partial charge in [-0.25, -0.2) is 0 Å². The molecule has 0 amide bonds. The number of hydrogen-bond donors (Lipinski definition) is 0. The maximum atomic E-state index is 12.8. The van der Waals surface area contributed by atoms with Crippen LogP contribution in [0.25, 0.3) is 0 Å². The molecule has 0 saturated carbocycles. The van der Waals surface area contributed by atoms with E-state index < -0.39 is 0 Å². The van der Waals surface area contributed by atoms with Crippen molar-refractivity contribution in [3.8, 4) is 0 Å². The minimum atomic E-state index is -0.361. The molecule has 0 radical (unpaired) electrons. The molecule has 244 valence electrons. The molecule has 1 rings (SSSR count). The number of carbonyl (C=O) groups is 1. The van der Waals surface area contributed by atoms with Gasteiger partial charge < -0.3 is 9.47 Å². The minimum absolute atomic E-state index is 0.00661. The number of esters is 1. The van der Waals surface area contributed by atoms with Gasteiger partial charge in [0.05, 0.1) is 18.6 Å². The third-order valence-electron chi connectivity index (χ3n) is 9.07. The summed E-state index contributed by atoms with van der Waals surface area (Å²) < 4.78 is 11.6. The Kier molecular flexibility index (Phi) is 24.0. The van der Waals surface area contributed by atoms with Crippen molar-refractivity contribution in [2.24, 2.45) is 17.3 Å². The fraction of sp³-hybridized carbons (Fsp3) is 0.821. The van der Waals surface area contributed by atoms with E-state index in [1.165, 1.54) is 121 Å². The lowest BCUT2D eigenvalue weighted by Gasteiger charge is -2.23. The molecule has 0 bridgehead atoms. The molecule has 1 atom stereocenters. The van der Waals surface area contributed by atoms with Crippen molar-refractivity contribution in [2.75, 3.05) is 13.2 Å². The summed E-state index contributed by atoms with van der Waals surface area (Å²) in [4.78, 5) is 12.8. The highest BCUT2D eigenvalue weighted by molar-refractivity contribution is 5.75. The molecule has 3 nitrogen and oxygen atoms in total. The number of ether oxygens (including phenoxy) is 2. The van der Waals surface area contributed by atoms with Gasteiger partial charge in [0.2, 0.25) is 0 Å². The van der Waals surface area contributed by atoms with Crippen molar-refractivity contribution in [1.29, 1.82) is 0 Å². The maximum Gasteiger partial charge on any atom is 0.311 e. The average Bonchev–Trinajstić information content (AvgIpc) is 2.98. The van der Waals surface area contributed by atoms with Crippen LogP contribution in [0.3, 0.4) is 0 Å². The normalized spacial score (nSPS) is 12.6. The van der Waals surface area contributed by atoms with E-state index in [9.17, 15) is 4.79 Å². The Morgan fingerprint density at radius 1 is 0.667 bits per heavy atom. The molecule has 0 aliphatic carbocycles. The molecule has 1 unspecified atom stereocenters. The van der Waals surface area contributed by atoms with Crippen LogP contribution in [0.5, 0.6) is 0 Å². The zero-order valence-corrected chi connectivity index (χ0v) is 28.7. The third-order valence-corrected chi connectivity index (χ3v) is 9.07. The number of rotatable bonds is 29. The van der Waals surface area contributed by atoms with Gasteiger partial charge in [0.25, 0.3) is 0 Å². The van der Waals surface area contributed by atoms with Crippen molar-refractivity contribution in [3.63, 3.8) is 0 Å². The summed E-state index contributed by atoms with van der Waals surface area (Å²) in [7, 11) is 0. The zero-order valence-electron chi connectivity index (χ0n) is 28.7. The van der Waals surface area contributed by atoms with E-state index >= 15 is 0 Å². The fourth-order valence-corrected chi connectivity index (χ4v) is 6.01. The van der Waals surface area contributed by atoms with Gasteiger partial charge in [0.15, 0.2) is 0 Å². The summed E-state index contributed by atoms with van der Waals surface area (Å²) in [6.45, 7) is 13.3. The topological polar surface area (TPSA) is 35.5 Å². The maximum absolute atomic E-state index is 12.8. The van der Waals surface area contributed by atoms with Crippen LogP contribution in [0.4, 0.5) is 0 Å². The van der Waals surface area contributed by atoms with E-state index in [0.29, 0.717) is 6.61 Å². The van der Waals surface area contributed by atoms with E-state index in [4.69, 9.17) is 9.47 Å². The van der Waals surface area contributed by atoms with Crippen molar-refractivity contribution in [2.45, 2.75) is 176 Å². The molecule has 0 aliphatic rings. The number of hydrogen-bond acceptors (Lipinski definition) is 3. The zero-order chi connectivity index (χ0) is 30.7. The average molecular weight is 587 g/mol. The van der Waals surface area contributed by atoms with E-state index in [-0.39, 0.29) is 11.4 Å². The number of carbonyl (C=O) groups excluding carboxylic acids is 1. The first-order chi connectivity index (χ1) is 20.4. The van der Waals surface area contributed by atoms with Gasteiger partial charge in [-0.3, -0.25) is 4.79 Å². The first-order valence-corrected chi connectivity index (χ1v) is 18.2. The van der Waals surface area contributed by atoms with Crippen LogP contribution >= 0.6 is 0 Å². The Hall–Kier alpha value is -1.35. The van der Waals surface area contributed by atoms with Crippen LogP contribution in [0.2, 0.25) is 0 Å². The lowest BCUT2D eigenvalue weighted by molar-refractivity contribution is -0.154. The van der Waals surface area contributed by atoms with Crippen molar-refractivity contribution >= 4 is 5.97 Å². The monoisotopic (exact) mass is 587 g/mol. The van der Waals surface area contributed by atoms with Gasteiger partial charge in [0.1, 0.15) is 0 Å². The summed E-state index contributed by atoms with van der Waals surface area (Å²) in [5, 5.41) is 0. The van der Waals surface area contributed by atoms with Crippen molar-refractivity contribution in [3.05, 3.63) is 35.9 Å². The summed E-state index contributed by atoms with van der Waals surface area (Å²) >= 11 is 0. The first kappa shape index (κ1) is 38.7. The Morgan fingerprint density at radius 2 is 1.21 bits per heavy atom. The molecule has 0 spiro atoms. The Bertz CT molecular complexity index is 718. The van der Waals surface area contributed by atoms with Gasteiger partial charge in [-0.05, 0) is 56.9 Å². The summed E-state index contributed by atoms with van der Waals surface area (Å²) in [6, 6.07) is 10.4. The van der Waals surface area contributed by atoms with Gasteiger partial charge in [-0.15, -0.1) is 0 Å². The largest absolute Gasteiger partial charge is 0.465 e. The predicted octanol–water partition coefficient (Wildman–Crippen LogP) is 12.3. The summed E-state index contributed by atoms with van der Waals surface area (Å²) in [5.74, 6) is 1.63. The second-order valence-corrected chi connectivity index (χ2v) is 13.8. The Balaban J connectivity index is 2.02. The molecule has 0 heterocycles. The predicted molar refractivity (Wildman–Crippen MR) is 182 cm³/mol. The molecule has 42 heavy (non-hydrogen) atoms. The van der Waals surface area contributed by atoms with Crippen LogP contribution < -0.4 is 0 Å². The van der Waals surface area contributed by atoms with Gasteiger partial charge in [0, 0.05) is 6.61 Å². The highest BCUT2D eigenvalue weighted by atomic mass is 16.5. The quantitative estimate of drug-likeness (QED) is 0.0692. The van der Waals surface area contributed by atoms with Gasteiger partial charge in [-0.1, -0.05) is 160 Å². The van der Waals surface area contributed by atoms with Crippen LogP contribution in [-0.2, 0) is 20.9 Å². The summed E-state index contributed by atoms with van der Waals surface area (Å²) in [6.07, 6.45) is 26.6. The summed E-state index contributed by atoms with van der Waals surface area (Å²) in [5.41, 5.74) is 0.901. The number of unbranched alkanes of at least 4 members (excludes halogenated alkanes) is 10. The standard InChI is InChI=1S/C39H70O3/c1-6-8-15-26-36(27-16-9-7-2)30-23-33-42-38(40)39(4,5)31-21-14-18-25-35(3)24-17-11-10-12-22-32-41-34-37-28-19-13-20-29-37/h13,19-20,28-29,35-36H,6-12,14-18,21-27,30-34H2,1-5H3. The van der Waals surface area contributed by atoms with Gasteiger partial charge in [-0.2, -0.15) is 0 Å². The SMILES string of the molecule is CCCCCC(CCCCC)CCCOC(=O)C(C)(C)CCCCCC(C)CCCCCCCOCc1ccccc1. The molecular formula is C39H70O3. The minimum Gasteiger partial charge on any atom is -0.465 e. The lowest BCUT2D eigenvalue weighted by Crippen LogP contribution is -2.27. The molecule has 1 aromatic rings. The van der Waals surface area contributed by atoms with Crippen molar-refractivity contribution in [1.82, 2.24) is 0 Å².